The SMILES string of the molecule is NC(=O)C1CCN(CCCS(=O)(=O)N2CCN(c3ccc(F)cc3)CC2)CC1. The Balaban J connectivity index is 1.41. The molecular formula is C19H29FN4O3S. The summed E-state index contributed by atoms with van der Waals surface area (Å²) in [5.41, 5.74) is 6.26. The lowest BCUT2D eigenvalue weighted by atomic mass is 9.96. The van der Waals surface area contributed by atoms with Gasteiger partial charge in [-0.2, -0.15) is 4.31 Å². The summed E-state index contributed by atoms with van der Waals surface area (Å²) in [7, 11) is -3.27. The van der Waals surface area contributed by atoms with Gasteiger partial charge in [0.15, 0.2) is 0 Å². The van der Waals surface area contributed by atoms with Gasteiger partial charge < -0.3 is 15.5 Å². The van der Waals surface area contributed by atoms with E-state index in [9.17, 15) is 17.6 Å². The molecule has 2 N–H and O–H groups in total. The molecule has 1 amide bonds. The van der Waals surface area contributed by atoms with Crippen molar-refractivity contribution in [1.29, 1.82) is 0 Å². The third kappa shape index (κ3) is 5.42. The van der Waals surface area contributed by atoms with Gasteiger partial charge in [0.25, 0.3) is 0 Å². The van der Waals surface area contributed by atoms with Gasteiger partial charge in [0.1, 0.15) is 5.82 Å². The van der Waals surface area contributed by atoms with E-state index in [1.54, 1.807) is 16.4 Å². The van der Waals surface area contributed by atoms with Gasteiger partial charge in [-0.25, -0.2) is 12.8 Å². The number of piperidine rings is 1. The second-order valence-electron chi connectivity index (χ2n) is 7.55. The number of amides is 1. The zero-order valence-corrected chi connectivity index (χ0v) is 16.9. The van der Waals surface area contributed by atoms with Gasteiger partial charge in [-0.05, 0) is 63.2 Å². The van der Waals surface area contributed by atoms with Crippen LogP contribution in [0.3, 0.4) is 0 Å². The first-order chi connectivity index (χ1) is 13.3. The number of piperazine rings is 1. The maximum absolute atomic E-state index is 13.0. The molecule has 156 valence electrons. The van der Waals surface area contributed by atoms with Crippen molar-refractivity contribution in [3.63, 3.8) is 0 Å². The standard InChI is InChI=1S/C19H29FN4O3S/c20-17-2-4-18(5-3-17)23-11-13-24(14-12-23)28(26,27)15-1-8-22-9-6-16(7-10-22)19(21)25/h2-5,16H,1,6-15H2,(H2,21,25). The number of nitrogens with two attached hydrogens (primary N) is 1. The third-order valence-corrected chi connectivity index (χ3v) is 7.65. The van der Waals surface area contributed by atoms with E-state index in [-0.39, 0.29) is 23.4 Å². The lowest BCUT2D eigenvalue weighted by Crippen LogP contribution is -2.49. The molecule has 0 saturated carbocycles. The molecule has 0 aliphatic carbocycles. The number of primary amides is 1. The van der Waals surface area contributed by atoms with Gasteiger partial charge in [-0.15, -0.1) is 0 Å². The van der Waals surface area contributed by atoms with Crippen molar-refractivity contribution in [3.8, 4) is 0 Å². The maximum Gasteiger partial charge on any atom is 0.220 e. The average Bonchev–Trinajstić information content (AvgIpc) is 2.69. The molecule has 7 nitrogen and oxygen atoms in total. The Morgan fingerprint density at radius 1 is 1.04 bits per heavy atom. The molecule has 2 fully saturated rings. The molecule has 0 bridgehead atoms. The van der Waals surface area contributed by atoms with Gasteiger partial charge in [-0.1, -0.05) is 0 Å². The van der Waals surface area contributed by atoms with Crippen LogP contribution >= 0.6 is 0 Å². The lowest BCUT2D eigenvalue weighted by molar-refractivity contribution is -0.123. The number of likely N-dealkylation sites (tertiary alicyclic amines) is 1. The van der Waals surface area contributed by atoms with Crippen molar-refractivity contribution >= 4 is 21.6 Å². The van der Waals surface area contributed by atoms with Crippen molar-refractivity contribution in [2.75, 3.05) is 56.5 Å². The molecule has 9 heteroatoms. The molecule has 0 spiro atoms. The minimum Gasteiger partial charge on any atom is -0.369 e. The maximum atomic E-state index is 13.0. The van der Waals surface area contributed by atoms with Gasteiger partial charge in [-0.3, -0.25) is 4.79 Å². The quantitative estimate of drug-likeness (QED) is 0.718. The van der Waals surface area contributed by atoms with Crippen molar-refractivity contribution in [3.05, 3.63) is 30.1 Å². The summed E-state index contributed by atoms with van der Waals surface area (Å²) in [4.78, 5) is 15.5. The summed E-state index contributed by atoms with van der Waals surface area (Å²) < 4.78 is 39.9. The van der Waals surface area contributed by atoms with Crippen molar-refractivity contribution < 1.29 is 17.6 Å². The number of sulfonamides is 1. The Labute approximate surface area is 166 Å². The molecular weight excluding hydrogens is 383 g/mol. The number of halogens is 1. The summed E-state index contributed by atoms with van der Waals surface area (Å²) in [6.07, 6.45) is 2.10. The van der Waals surface area contributed by atoms with Crippen molar-refractivity contribution in [2.45, 2.75) is 19.3 Å². The zero-order valence-electron chi connectivity index (χ0n) is 16.1. The van der Waals surface area contributed by atoms with Gasteiger partial charge in [0, 0.05) is 37.8 Å². The predicted octanol–water partition coefficient (Wildman–Crippen LogP) is 0.865. The number of rotatable bonds is 7. The van der Waals surface area contributed by atoms with Gasteiger partial charge in [0.05, 0.1) is 5.75 Å². The van der Waals surface area contributed by atoms with Crippen LogP contribution in [0.1, 0.15) is 19.3 Å². The molecule has 1 aromatic carbocycles. The summed E-state index contributed by atoms with van der Waals surface area (Å²) >= 11 is 0. The van der Waals surface area contributed by atoms with Crippen LogP contribution in [-0.4, -0.2) is 75.1 Å². The largest absolute Gasteiger partial charge is 0.369 e. The van der Waals surface area contributed by atoms with E-state index in [0.717, 1.165) is 38.2 Å². The number of carbonyl (C=O) groups excluding carboxylic acids is 1. The first-order valence-corrected chi connectivity index (χ1v) is 11.5. The first-order valence-electron chi connectivity index (χ1n) is 9.85. The summed E-state index contributed by atoms with van der Waals surface area (Å²) in [5.74, 6) is -0.414. The van der Waals surface area contributed by atoms with Crippen molar-refractivity contribution in [1.82, 2.24) is 9.21 Å². The fourth-order valence-electron chi connectivity index (χ4n) is 3.92. The highest BCUT2D eigenvalue weighted by atomic mass is 32.2. The monoisotopic (exact) mass is 412 g/mol. The van der Waals surface area contributed by atoms with Crippen LogP contribution in [-0.2, 0) is 14.8 Å². The van der Waals surface area contributed by atoms with Crippen LogP contribution in [0.15, 0.2) is 24.3 Å². The van der Waals surface area contributed by atoms with Crippen LogP contribution in [0.25, 0.3) is 0 Å². The summed E-state index contributed by atoms with van der Waals surface area (Å²) in [6, 6.07) is 6.29. The Morgan fingerprint density at radius 2 is 1.64 bits per heavy atom. The Morgan fingerprint density at radius 3 is 2.21 bits per heavy atom. The molecule has 0 unspecified atom stereocenters. The summed E-state index contributed by atoms with van der Waals surface area (Å²) in [5, 5.41) is 0. The highest BCUT2D eigenvalue weighted by molar-refractivity contribution is 7.89. The molecule has 0 atom stereocenters. The normalized spacial score (nSPS) is 20.4. The minimum atomic E-state index is -3.27. The van der Waals surface area contributed by atoms with E-state index in [1.165, 1.54) is 12.1 Å². The van der Waals surface area contributed by atoms with E-state index >= 15 is 0 Å². The van der Waals surface area contributed by atoms with E-state index in [2.05, 4.69) is 9.80 Å². The molecule has 0 radical (unpaired) electrons. The van der Waals surface area contributed by atoms with Crippen LogP contribution in [0.5, 0.6) is 0 Å². The molecule has 2 heterocycles. The van der Waals surface area contributed by atoms with Crippen LogP contribution < -0.4 is 10.6 Å². The Kier molecular flexibility index (Phi) is 6.90. The van der Waals surface area contributed by atoms with E-state index in [4.69, 9.17) is 5.73 Å². The molecule has 0 aromatic heterocycles. The molecule has 1 aromatic rings. The molecule has 3 rings (SSSR count). The molecule has 2 aliphatic rings. The number of hydrogen-bond donors (Lipinski definition) is 1. The Bertz CT molecular complexity index is 756. The smallest absolute Gasteiger partial charge is 0.220 e. The number of nitrogens with zero attached hydrogens (tertiary/aromatic N) is 3. The minimum absolute atomic E-state index is 0.0441. The second-order valence-corrected chi connectivity index (χ2v) is 9.64. The molecule has 2 aliphatic heterocycles. The van der Waals surface area contributed by atoms with E-state index < -0.39 is 10.0 Å². The van der Waals surface area contributed by atoms with Gasteiger partial charge in [0.2, 0.25) is 15.9 Å². The summed E-state index contributed by atoms with van der Waals surface area (Å²) in [6.45, 7) is 4.42. The Hall–Kier alpha value is -1.71. The number of benzene rings is 1. The van der Waals surface area contributed by atoms with Gasteiger partial charge >= 0.3 is 0 Å². The second kappa shape index (κ2) is 9.19. The highest BCUT2D eigenvalue weighted by Gasteiger charge is 2.27. The fourth-order valence-corrected chi connectivity index (χ4v) is 5.39. The highest BCUT2D eigenvalue weighted by Crippen LogP contribution is 2.19. The van der Waals surface area contributed by atoms with Crippen molar-refractivity contribution in [2.24, 2.45) is 11.7 Å². The van der Waals surface area contributed by atoms with E-state index in [1.807, 2.05) is 0 Å². The average molecular weight is 413 g/mol. The molecule has 2 saturated heterocycles. The zero-order chi connectivity index (χ0) is 20.1. The molecule has 28 heavy (non-hydrogen) atoms. The fraction of sp³-hybridized carbons (Fsp3) is 0.632. The lowest BCUT2D eigenvalue weighted by Gasteiger charge is -2.35. The van der Waals surface area contributed by atoms with Crippen LogP contribution in [0, 0.1) is 11.7 Å². The van der Waals surface area contributed by atoms with Crippen LogP contribution in [0.2, 0.25) is 0 Å². The first kappa shape index (κ1) is 21.0. The van der Waals surface area contributed by atoms with E-state index in [0.29, 0.717) is 32.6 Å². The number of anilines is 1. The number of carbonyl (C=O) groups is 1. The predicted molar refractivity (Wildman–Crippen MR) is 107 cm³/mol. The van der Waals surface area contributed by atoms with Crippen LogP contribution in [0.4, 0.5) is 10.1 Å². The number of hydrogen-bond acceptors (Lipinski definition) is 5. The third-order valence-electron chi connectivity index (χ3n) is 5.69. The topological polar surface area (TPSA) is 86.9 Å².